The minimum Gasteiger partial charge on any atom is -0.469 e. The molecule has 0 unspecified atom stereocenters. The first-order chi connectivity index (χ1) is 7.13. The maximum Gasteiger partial charge on any atom is 0.305 e. The van der Waals surface area contributed by atoms with Crippen molar-refractivity contribution in [1.82, 2.24) is 0 Å². The predicted molar refractivity (Wildman–Crippen MR) is 56.4 cm³/mol. The van der Waals surface area contributed by atoms with Gasteiger partial charge in [0.2, 0.25) is 0 Å². The summed E-state index contributed by atoms with van der Waals surface area (Å²) in [6.07, 6.45) is 2.01. The Bertz CT molecular complexity index is 356. The Morgan fingerprint density at radius 2 is 2.20 bits per heavy atom. The van der Waals surface area contributed by atoms with E-state index < -0.39 is 0 Å². The highest BCUT2D eigenvalue weighted by molar-refractivity contribution is 9.10. The summed E-state index contributed by atoms with van der Waals surface area (Å²) in [5.41, 5.74) is 0. The van der Waals surface area contributed by atoms with Crippen molar-refractivity contribution >= 4 is 27.7 Å². The van der Waals surface area contributed by atoms with Crippen LogP contribution in [0.2, 0.25) is 0 Å². The van der Waals surface area contributed by atoms with E-state index in [4.69, 9.17) is 4.42 Å². The van der Waals surface area contributed by atoms with Crippen molar-refractivity contribution in [3.05, 3.63) is 22.6 Å². The molecule has 0 bridgehead atoms. The Balaban J connectivity index is 2.37. The zero-order chi connectivity index (χ0) is 11.3. The van der Waals surface area contributed by atoms with Gasteiger partial charge < -0.3 is 9.15 Å². The van der Waals surface area contributed by atoms with Crippen LogP contribution in [0.1, 0.15) is 18.6 Å². The van der Waals surface area contributed by atoms with Gasteiger partial charge in [-0.2, -0.15) is 0 Å². The zero-order valence-corrected chi connectivity index (χ0v) is 9.87. The second kappa shape index (κ2) is 5.70. The average molecular weight is 275 g/mol. The predicted octanol–water partition coefficient (Wildman–Crippen LogP) is 2.11. The van der Waals surface area contributed by atoms with Gasteiger partial charge in [0.15, 0.2) is 0 Å². The van der Waals surface area contributed by atoms with E-state index in [0.29, 0.717) is 5.76 Å². The highest BCUT2D eigenvalue weighted by atomic mass is 79.9. The van der Waals surface area contributed by atoms with Crippen LogP contribution in [0.25, 0.3) is 0 Å². The number of ether oxygens (including phenoxy) is 1. The van der Waals surface area contributed by atoms with Gasteiger partial charge in [0.25, 0.3) is 0 Å². The van der Waals surface area contributed by atoms with Gasteiger partial charge in [-0.1, -0.05) is 0 Å². The molecule has 0 atom stereocenters. The number of methoxy groups -OCH3 is 1. The van der Waals surface area contributed by atoms with Gasteiger partial charge in [-0.3, -0.25) is 9.59 Å². The third-order valence-electron chi connectivity index (χ3n) is 1.88. The largest absolute Gasteiger partial charge is 0.469 e. The van der Waals surface area contributed by atoms with Gasteiger partial charge in [-0.15, -0.1) is 0 Å². The summed E-state index contributed by atoms with van der Waals surface area (Å²) >= 11 is 3.25. The summed E-state index contributed by atoms with van der Waals surface area (Å²) in [6, 6.07) is 1.73. The Kier molecular flexibility index (Phi) is 4.55. The first-order valence-electron chi connectivity index (χ1n) is 4.44. The molecule has 0 radical (unpaired) electrons. The minimum atomic E-state index is -0.373. The number of carbonyl (C=O) groups is 2. The number of furan rings is 1. The van der Waals surface area contributed by atoms with Crippen molar-refractivity contribution in [2.24, 2.45) is 0 Å². The van der Waals surface area contributed by atoms with Crippen LogP contribution in [0.3, 0.4) is 0 Å². The molecule has 1 aromatic heterocycles. The third-order valence-corrected chi connectivity index (χ3v) is 2.59. The fraction of sp³-hybridized carbons (Fsp3) is 0.400. The molecule has 5 heteroatoms. The number of hydrogen-bond donors (Lipinski definition) is 0. The monoisotopic (exact) mass is 274 g/mol. The Labute approximate surface area is 95.7 Å². The zero-order valence-electron chi connectivity index (χ0n) is 8.29. The van der Waals surface area contributed by atoms with Crippen LogP contribution < -0.4 is 0 Å². The lowest BCUT2D eigenvalue weighted by Gasteiger charge is -1.98. The molecule has 1 rings (SSSR count). The highest BCUT2D eigenvalue weighted by Gasteiger charge is 2.11. The van der Waals surface area contributed by atoms with Crippen LogP contribution in [-0.4, -0.2) is 18.9 Å². The summed E-state index contributed by atoms with van der Waals surface area (Å²) in [6.45, 7) is 0. The lowest BCUT2D eigenvalue weighted by molar-refractivity contribution is -0.141. The standard InChI is InChI=1S/C10H11BrO4/c1-14-10(13)3-2-7(12)6-9-8(11)4-5-15-9/h4-5H,2-3,6H2,1H3. The van der Waals surface area contributed by atoms with Gasteiger partial charge in [-0.05, 0) is 22.0 Å². The molecule has 15 heavy (non-hydrogen) atoms. The molecule has 0 saturated carbocycles. The van der Waals surface area contributed by atoms with E-state index in [9.17, 15) is 9.59 Å². The van der Waals surface area contributed by atoms with Crippen LogP contribution in [0.5, 0.6) is 0 Å². The van der Waals surface area contributed by atoms with Crippen LogP contribution in [0.4, 0.5) is 0 Å². The molecule has 0 saturated heterocycles. The molecule has 0 aromatic carbocycles. The minimum absolute atomic E-state index is 0.0453. The summed E-state index contributed by atoms with van der Waals surface area (Å²) in [5, 5.41) is 0. The van der Waals surface area contributed by atoms with Gasteiger partial charge in [0.1, 0.15) is 11.5 Å². The molecule has 0 amide bonds. The fourth-order valence-corrected chi connectivity index (χ4v) is 1.40. The molecule has 0 aliphatic heterocycles. The number of esters is 1. The van der Waals surface area contributed by atoms with E-state index in [-0.39, 0.29) is 31.0 Å². The van der Waals surface area contributed by atoms with Crippen molar-refractivity contribution < 1.29 is 18.7 Å². The number of rotatable bonds is 5. The highest BCUT2D eigenvalue weighted by Crippen LogP contribution is 2.18. The van der Waals surface area contributed by atoms with Crippen LogP contribution in [0.15, 0.2) is 21.2 Å². The topological polar surface area (TPSA) is 56.5 Å². The van der Waals surface area contributed by atoms with E-state index in [0.717, 1.165) is 4.47 Å². The van der Waals surface area contributed by atoms with E-state index in [1.165, 1.54) is 13.4 Å². The fourth-order valence-electron chi connectivity index (χ4n) is 1.06. The molecule has 82 valence electrons. The molecular formula is C10H11BrO4. The number of ketones is 1. The molecule has 1 aromatic rings. The SMILES string of the molecule is COC(=O)CCC(=O)Cc1occc1Br. The second-order valence-corrected chi connectivity index (χ2v) is 3.84. The second-order valence-electron chi connectivity index (χ2n) is 2.98. The number of halogens is 1. The van der Waals surface area contributed by atoms with Crippen molar-refractivity contribution in [2.45, 2.75) is 19.3 Å². The molecule has 0 aliphatic rings. The maximum absolute atomic E-state index is 11.4. The van der Waals surface area contributed by atoms with Crippen LogP contribution in [0, 0.1) is 0 Å². The van der Waals surface area contributed by atoms with Crippen molar-refractivity contribution in [1.29, 1.82) is 0 Å². The van der Waals surface area contributed by atoms with Crippen molar-refractivity contribution in [3.8, 4) is 0 Å². The quantitative estimate of drug-likeness (QED) is 0.772. The Morgan fingerprint density at radius 3 is 2.73 bits per heavy atom. The summed E-state index contributed by atoms with van der Waals surface area (Å²) in [7, 11) is 1.30. The Hall–Kier alpha value is -1.10. The molecule has 1 heterocycles. The molecule has 0 aliphatic carbocycles. The van der Waals surface area contributed by atoms with E-state index in [1.54, 1.807) is 6.07 Å². The van der Waals surface area contributed by atoms with Gasteiger partial charge >= 0.3 is 5.97 Å². The van der Waals surface area contributed by atoms with Crippen LogP contribution in [-0.2, 0) is 20.7 Å². The van der Waals surface area contributed by atoms with E-state index in [1.807, 2.05) is 0 Å². The number of hydrogen-bond acceptors (Lipinski definition) is 4. The third kappa shape index (κ3) is 3.87. The van der Waals surface area contributed by atoms with E-state index in [2.05, 4.69) is 20.7 Å². The normalized spacial score (nSPS) is 10.0. The van der Waals surface area contributed by atoms with Gasteiger partial charge in [0, 0.05) is 6.42 Å². The van der Waals surface area contributed by atoms with Gasteiger partial charge in [0.05, 0.1) is 30.7 Å². The molecular weight excluding hydrogens is 264 g/mol. The molecule has 0 N–H and O–H groups in total. The van der Waals surface area contributed by atoms with Gasteiger partial charge in [-0.25, -0.2) is 0 Å². The first-order valence-corrected chi connectivity index (χ1v) is 5.23. The van der Waals surface area contributed by atoms with Crippen molar-refractivity contribution in [3.63, 3.8) is 0 Å². The van der Waals surface area contributed by atoms with E-state index >= 15 is 0 Å². The average Bonchev–Trinajstić information content (AvgIpc) is 2.61. The maximum atomic E-state index is 11.4. The number of Topliss-reactive ketones (excluding diaryl/α,β-unsaturated/α-hetero) is 1. The number of carbonyl (C=O) groups excluding carboxylic acids is 2. The summed E-state index contributed by atoms with van der Waals surface area (Å²) < 4.78 is 10.3. The smallest absolute Gasteiger partial charge is 0.305 e. The van der Waals surface area contributed by atoms with Crippen molar-refractivity contribution in [2.75, 3.05) is 7.11 Å². The summed E-state index contributed by atoms with van der Waals surface area (Å²) in [5.74, 6) is 0.169. The Morgan fingerprint density at radius 1 is 1.47 bits per heavy atom. The molecule has 0 spiro atoms. The summed E-state index contributed by atoms with van der Waals surface area (Å²) in [4.78, 5) is 22.2. The molecule has 4 nitrogen and oxygen atoms in total. The van der Waals surface area contributed by atoms with Crippen LogP contribution >= 0.6 is 15.9 Å². The lowest BCUT2D eigenvalue weighted by Crippen LogP contribution is -2.07. The first kappa shape index (κ1) is 12.0. The molecule has 0 fully saturated rings. The lowest BCUT2D eigenvalue weighted by atomic mass is 10.1.